The molecule has 1 unspecified atom stereocenters. The van der Waals surface area contributed by atoms with Crippen LogP contribution in [0.2, 0.25) is 0 Å². The van der Waals surface area contributed by atoms with Crippen molar-refractivity contribution in [3.8, 4) is 5.95 Å². The third-order valence-electron chi connectivity index (χ3n) is 6.24. The summed E-state index contributed by atoms with van der Waals surface area (Å²) in [6, 6.07) is 7.16. The molecule has 35 heavy (non-hydrogen) atoms. The van der Waals surface area contributed by atoms with Gasteiger partial charge in [-0.15, -0.1) is 0 Å². The summed E-state index contributed by atoms with van der Waals surface area (Å²) in [7, 11) is 0. The van der Waals surface area contributed by atoms with Gasteiger partial charge in [-0.05, 0) is 61.6 Å². The van der Waals surface area contributed by atoms with Gasteiger partial charge in [0.2, 0.25) is 0 Å². The van der Waals surface area contributed by atoms with Gasteiger partial charge < -0.3 is 16.6 Å². The highest BCUT2D eigenvalue weighted by Gasteiger charge is 2.39. The average Bonchev–Trinajstić information content (AvgIpc) is 3.36. The maximum atomic E-state index is 14.2. The Morgan fingerprint density at radius 3 is 2.54 bits per heavy atom. The summed E-state index contributed by atoms with van der Waals surface area (Å²) < 4.78 is 29.9. The molecule has 1 aromatic carbocycles. The van der Waals surface area contributed by atoms with Gasteiger partial charge in [0, 0.05) is 23.8 Å². The number of aliphatic hydroxyl groups excluding tert-OH is 1. The zero-order valence-electron chi connectivity index (χ0n) is 20.3. The first-order valence-electron chi connectivity index (χ1n) is 11.8. The molecule has 0 fully saturated rings. The highest BCUT2D eigenvalue weighted by Crippen LogP contribution is 2.43. The molecule has 2 heterocycles. The van der Waals surface area contributed by atoms with Crippen LogP contribution < -0.4 is 11.5 Å². The van der Waals surface area contributed by atoms with E-state index in [4.69, 9.17) is 16.5 Å². The van der Waals surface area contributed by atoms with Crippen LogP contribution in [0.25, 0.3) is 11.6 Å². The van der Waals surface area contributed by atoms with Gasteiger partial charge in [0.15, 0.2) is 0 Å². The van der Waals surface area contributed by atoms with Crippen LogP contribution in [0.15, 0.2) is 60.1 Å². The number of hydrogen-bond acceptors (Lipinski definition) is 6. The highest BCUT2D eigenvalue weighted by atomic mass is 19.1. The first-order valence-corrected chi connectivity index (χ1v) is 11.8. The summed E-state index contributed by atoms with van der Waals surface area (Å²) in [4.78, 5) is 9.03. The van der Waals surface area contributed by atoms with Gasteiger partial charge in [-0.3, -0.25) is 0 Å². The molecule has 2 aromatic heterocycles. The Bertz CT molecular complexity index is 1220. The molecule has 0 saturated carbocycles. The molecule has 0 spiro atoms. The van der Waals surface area contributed by atoms with Crippen LogP contribution in [0.1, 0.15) is 63.4 Å². The molecule has 4 rings (SSSR count). The summed E-state index contributed by atoms with van der Waals surface area (Å²) in [6.07, 6.45) is 7.78. The van der Waals surface area contributed by atoms with Crippen LogP contribution in [0.4, 0.5) is 8.78 Å². The number of benzene rings is 1. The summed E-state index contributed by atoms with van der Waals surface area (Å²) in [5, 5.41) is 13.5. The maximum Gasteiger partial charge on any atom is 0.250 e. The van der Waals surface area contributed by atoms with Gasteiger partial charge in [-0.25, -0.2) is 23.4 Å². The predicted octanol–water partition coefficient (Wildman–Crippen LogP) is 4.50. The molecule has 1 aliphatic carbocycles. The zero-order chi connectivity index (χ0) is 25.6. The van der Waals surface area contributed by atoms with Crippen molar-refractivity contribution in [3.05, 3.63) is 88.7 Å². The van der Waals surface area contributed by atoms with E-state index in [1.165, 1.54) is 22.9 Å². The number of nitrogens with zero attached hydrogens (tertiary/aromatic N) is 4. The standard InChI is InChI=1S/C24H26F2N6O.C2H6/c1-2-24(20-8-11-29-23(30-20)32-12-9-16(14-33)31-32)10-4-5-15(22(24)28)13-19(27)21-17(25)6-3-7-18(21)26;1-2/h3,6-9,11-13,33H,2,4-5,10,14,27-28H2,1H3;1-2H3/b19-13-;. The van der Waals surface area contributed by atoms with Crippen molar-refractivity contribution in [1.29, 1.82) is 0 Å². The van der Waals surface area contributed by atoms with Crippen LogP contribution in [-0.4, -0.2) is 24.9 Å². The van der Waals surface area contributed by atoms with Gasteiger partial charge in [0.1, 0.15) is 11.6 Å². The number of allylic oxidation sites excluding steroid dienone is 3. The molecule has 1 atom stereocenters. The fourth-order valence-corrected chi connectivity index (χ4v) is 4.44. The van der Waals surface area contributed by atoms with Crippen LogP contribution in [-0.2, 0) is 12.0 Å². The molecule has 9 heteroatoms. The van der Waals surface area contributed by atoms with E-state index in [0.29, 0.717) is 30.2 Å². The molecule has 0 aliphatic heterocycles. The molecule has 0 bridgehead atoms. The van der Waals surface area contributed by atoms with Crippen molar-refractivity contribution in [3.63, 3.8) is 0 Å². The smallest absolute Gasteiger partial charge is 0.250 e. The van der Waals surface area contributed by atoms with E-state index in [1.54, 1.807) is 24.5 Å². The second-order valence-corrected chi connectivity index (χ2v) is 8.08. The second kappa shape index (κ2) is 11.2. The van der Waals surface area contributed by atoms with Gasteiger partial charge in [0.05, 0.1) is 29.0 Å². The molecule has 0 saturated heterocycles. The Balaban J connectivity index is 0.00000167. The van der Waals surface area contributed by atoms with E-state index in [9.17, 15) is 13.9 Å². The minimum atomic E-state index is -0.720. The zero-order valence-corrected chi connectivity index (χ0v) is 20.3. The lowest BCUT2D eigenvalue weighted by Gasteiger charge is -2.38. The molecule has 0 amide bonds. The fraction of sp³-hybridized carbons (Fsp3) is 0.346. The first kappa shape index (κ1) is 26.0. The van der Waals surface area contributed by atoms with Crippen LogP contribution >= 0.6 is 0 Å². The molecule has 5 N–H and O–H groups in total. The van der Waals surface area contributed by atoms with E-state index >= 15 is 0 Å². The fourth-order valence-electron chi connectivity index (χ4n) is 4.44. The van der Waals surface area contributed by atoms with Crippen LogP contribution in [0.3, 0.4) is 0 Å². The van der Waals surface area contributed by atoms with Crippen molar-refractivity contribution in [2.75, 3.05) is 0 Å². The molecule has 186 valence electrons. The van der Waals surface area contributed by atoms with Gasteiger partial charge in [-0.1, -0.05) is 26.8 Å². The SMILES string of the molecule is CC.CCC1(c2ccnc(-n3ccc(CO)n3)n2)CCCC(/C=C(\N)c2c(F)cccc2F)=C1N. The van der Waals surface area contributed by atoms with Crippen molar-refractivity contribution < 1.29 is 13.9 Å². The monoisotopic (exact) mass is 482 g/mol. The lowest BCUT2D eigenvalue weighted by molar-refractivity contribution is 0.276. The van der Waals surface area contributed by atoms with E-state index in [1.807, 2.05) is 26.8 Å². The van der Waals surface area contributed by atoms with E-state index in [-0.39, 0.29) is 17.9 Å². The molecule has 3 aromatic rings. The lowest BCUT2D eigenvalue weighted by atomic mass is 9.69. The average molecular weight is 483 g/mol. The van der Waals surface area contributed by atoms with Gasteiger partial charge in [-0.2, -0.15) is 5.10 Å². The third-order valence-corrected chi connectivity index (χ3v) is 6.24. The topological polar surface area (TPSA) is 116 Å². The Morgan fingerprint density at radius 1 is 1.20 bits per heavy atom. The molecule has 7 nitrogen and oxygen atoms in total. The number of halogens is 2. The number of rotatable bonds is 6. The van der Waals surface area contributed by atoms with E-state index in [2.05, 4.69) is 10.1 Å². The first-order chi connectivity index (χ1) is 16.9. The lowest BCUT2D eigenvalue weighted by Crippen LogP contribution is -2.37. The Labute approximate surface area is 204 Å². The highest BCUT2D eigenvalue weighted by molar-refractivity contribution is 5.67. The molecule has 0 radical (unpaired) electrons. The van der Waals surface area contributed by atoms with E-state index in [0.717, 1.165) is 24.1 Å². The number of aromatic nitrogens is 4. The summed E-state index contributed by atoms with van der Waals surface area (Å²) in [6.45, 7) is 5.85. The van der Waals surface area contributed by atoms with Crippen molar-refractivity contribution in [2.24, 2.45) is 11.5 Å². The Hall–Kier alpha value is -3.59. The normalized spacial score (nSPS) is 18.3. The van der Waals surface area contributed by atoms with Gasteiger partial charge >= 0.3 is 0 Å². The quantitative estimate of drug-likeness (QED) is 0.476. The predicted molar refractivity (Wildman–Crippen MR) is 132 cm³/mol. The molecular formula is C26H32F2N6O. The number of nitrogens with two attached hydrogens (primary N) is 2. The van der Waals surface area contributed by atoms with Crippen molar-refractivity contribution in [1.82, 2.24) is 19.7 Å². The van der Waals surface area contributed by atoms with Crippen molar-refractivity contribution >= 4 is 5.70 Å². The number of hydrogen-bond donors (Lipinski definition) is 3. The molecule has 1 aliphatic rings. The van der Waals surface area contributed by atoms with Crippen LogP contribution in [0.5, 0.6) is 0 Å². The minimum Gasteiger partial charge on any atom is -0.401 e. The Kier molecular flexibility index (Phi) is 8.34. The van der Waals surface area contributed by atoms with Gasteiger partial charge in [0.25, 0.3) is 5.95 Å². The maximum absolute atomic E-state index is 14.2. The summed E-state index contributed by atoms with van der Waals surface area (Å²) in [5.74, 6) is -1.08. The van der Waals surface area contributed by atoms with Crippen LogP contribution in [0, 0.1) is 11.6 Å². The molecular weight excluding hydrogens is 450 g/mol. The third kappa shape index (κ3) is 5.09. The summed E-state index contributed by atoms with van der Waals surface area (Å²) in [5.41, 5.74) is 14.5. The second-order valence-electron chi connectivity index (χ2n) is 8.08. The van der Waals surface area contributed by atoms with Crippen molar-refractivity contribution in [2.45, 2.75) is 58.5 Å². The summed E-state index contributed by atoms with van der Waals surface area (Å²) >= 11 is 0. The van der Waals surface area contributed by atoms with E-state index < -0.39 is 17.0 Å². The Morgan fingerprint density at radius 2 is 1.91 bits per heavy atom. The number of aliphatic hydroxyl groups is 1. The minimum absolute atomic E-state index is 0.00750. The largest absolute Gasteiger partial charge is 0.401 e.